The summed E-state index contributed by atoms with van der Waals surface area (Å²) in [7, 11) is 3.53. The van der Waals surface area contributed by atoms with Crippen molar-refractivity contribution in [1.29, 1.82) is 0 Å². The van der Waals surface area contributed by atoms with E-state index in [9.17, 15) is 4.79 Å². The molecule has 0 bridgehead atoms. The SMILES string of the molecule is COc1ccc2c(c1)C(C(N)=O)N(C)CC2. The Labute approximate surface area is 95.0 Å². The van der Waals surface area contributed by atoms with Gasteiger partial charge in [0.05, 0.1) is 7.11 Å². The summed E-state index contributed by atoms with van der Waals surface area (Å²) in [6.07, 6.45) is 0.944. The molecule has 1 amide bonds. The van der Waals surface area contributed by atoms with Gasteiger partial charge in [0.1, 0.15) is 11.8 Å². The molecule has 0 aromatic heterocycles. The van der Waals surface area contributed by atoms with Crippen molar-refractivity contribution in [2.75, 3.05) is 20.7 Å². The van der Waals surface area contributed by atoms with E-state index >= 15 is 0 Å². The van der Waals surface area contributed by atoms with Gasteiger partial charge < -0.3 is 10.5 Å². The molecule has 2 rings (SSSR count). The molecule has 0 radical (unpaired) electrons. The van der Waals surface area contributed by atoms with Crippen LogP contribution in [-0.4, -0.2) is 31.5 Å². The van der Waals surface area contributed by atoms with Crippen LogP contribution in [0.1, 0.15) is 17.2 Å². The summed E-state index contributed by atoms with van der Waals surface area (Å²) in [5.41, 5.74) is 7.60. The maximum Gasteiger partial charge on any atom is 0.239 e. The number of carbonyl (C=O) groups is 1. The number of likely N-dealkylation sites (N-methyl/N-ethyl adjacent to an activating group) is 1. The van der Waals surface area contributed by atoms with Crippen LogP contribution in [0.3, 0.4) is 0 Å². The predicted octanol–water partition coefficient (Wildman–Crippen LogP) is 0.709. The summed E-state index contributed by atoms with van der Waals surface area (Å²) < 4.78 is 5.17. The topological polar surface area (TPSA) is 55.6 Å². The summed E-state index contributed by atoms with van der Waals surface area (Å²) >= 11 is 0. The summed E-state index contributed by atoms with van der Waals surface area (Å²) in [5.74, 6) is 0.456. The van der Waals surface area contributed by atoms with E-state index in [1.165, 1.54) is 5.56 Å². The highest BCUT2D eigenvalue weighted by atomic mass is 16.5. The molecule has 1 aromatic rings. The average Bonchev–Trinajstić information content (AvgIpc) is 2.27. The number of fused-ring (bicyclic) bond motifs is 1. The van der Waals surface area contributed by atoms with Gasteiger partial charge >= 0.3 is 0 Å². The van der Waals surface area contributed by atoms with Crippen molar-refractivity contribution in [2.45, 2.75) is 12.5 Å². The van der Waals surface area contributed by atoms with Gasteiger partial charge in [-0.3, -0.25) is 9.69 Å². The number of hydrogen-bond donors (Lipinski definition) is 1. The van der Waals surface area contributed by atoms with Gasteiger partial charge in [0.15, 0.2) is 0 Å². The zero-order valence-electron chi connectivity index (χ0n) is 9.56. The van der Waals surface area contributed by atoms with Crippen molar-refractivity contribution in [2.24, 2.45) is 5.73 Å². The van der Waals surface area contributed by atoms with Crippen LogP contribution in [0.2, 0.25) is 0 Å². The number of benzene rings is 1. The summed E-state index contributed by atoms with van der Waals surface area (Å²) in [5, 5.41) is 0. The van der Waals surface area contributed by atoms with Crippen molar-refractivity contribution in [1.82, 2.24) is 4.90 Å². The number of nitrogens with two attached hydrogens (primary N) is 1. The van der Waals surface area contributed by atoms with Gasteiger partial charge in [0, 0.05) is 6.54 Å². The number of nitrogens with zero attached hydrogens (tertiary/aromatic N) is 1. The predicted molar refractivity (Wildman–Crippen MR) is 61.3 cm³/mol. The minimum atomic E-state index is -0.334. The van der Waals surface area contributed by atoms with Crippen molar-refractivity contribution < 1.29 is 9.53 Å². The molecule has 16 heavy (non-hydrogen) atoms. The zero-order chi connectivity index (χ0) is 11.7. The van der Waals surface area contributed by atoms with Crippen LogP contribution in [0, 0.1) is 0 Å². The molecule has 0 saturated heterocycles. The van der Waals surface area contributed by atoms with Crippen molar-refractivity contribution >= 4 is 5.91 Å². The van der Waals surface area contributed by atoms with E-state index < -0.39 is 0 Å². The molecule has 1 aliphatic rings. The Morgan fingerprint density at radius 1 is 1.56 bits per heavy atom. The molecule has 1 unspecified atom stereocenters. The highest BCUT2D eigenvalue weighted by Crippen LogP contribution is 2.31. The fourth-order valence-corrected chi connectivity index (χ4v) is 2.22. The summed E-state index contributed by atoms with van der Waals surface area (Å²) in [6.45, 7) is 0.854. The quantitative estimate of drug-likeness (QED) is 0.798. The molecule has 0 aliphatic carbocycles. The fourth-order valence-electron chi connectivity index (χ4n) is 2.22. The van der Waals surface area contributed by atoms with Gasteiger partial charge in [0.2, 0.25) is 5.91 Å². The molecule has 4 nitrogen and oxygen atoms in total. The lowest BCUT2D eigenvalue weighted by molar-refractivity contribution is -0.123. The number of hydrogen-bond acceptors (Lipinski definition) is 3. The maximum atomic E-state index is 11.5. The minimum absolute atomic E-state index is 0.309. The number of amides is 1. The van der Waals surface area contributed by atoms with Gasteiger partial charge in [-0.25, -0.2) is 0 Å². The first-order chi connectivity index (χ1) is 7.63. The van der Waals surface area contributed by atoms with Crippen LogP contribution in [0.5, 0.6) is 5.75 Å². The second-order valence-electron chi connectivity index (χ2n) is 4.10. The second-order valence-corrected chi connectivity index (χ2v) is 4.10. The van der Waals surface area contributed by atoms with E-state index in [1.807, 2.05) is 30.1 Å². The number of primary amides is 1. The molecule has 2 N–H and O–H groups in total. The van der Waals surface area contributed by atoms with Crippen LogP contribution >= 0.6 is 0 Å². The Kier molecular flexibility index (Phi) is 2.83. The van der Waals surface area contributed by atoms with E-state index in [0.29, 0.717) is 0 Å². The lowest BCUT2D eigenvalue weighted by Gasteiger charge is -2.32. The normalized spacial score (nSPS) is 20.2. The van der Waals surface area contributed by atoms with E-state index in [-0.39, 0.29) is 11.9 Å². The van der Waals surface area contributed by atoms with Crippen LogP contribution in [0.15, 0.2) is 18.2 Å². The van der Waals surface area contributed by atoms with Crippen molar-refractivity contribution in [3.63, 3.8) is 0 Å². The van der Waals surface area contributed by atoms with E-state index in [0.717, 1.165) is 24.3 Å². The number of rotatable bonds is 2. The minimum Gasteiger partial charge on any atom is -0.497 e. The highest BCUT2D eigenvalue weighted by molar-refractivity contribution is 5.82. The molecular formula is C12H16N2O2. The third-order valence-electron chi connectivity index (χ3n) is 3.09. The van der Waals surface area contributed by atoms with Gasteiger partial charge in [-0.1, -0.05) is 6.07 Å². The first-order valence-electron chi connectivity index (χ1n) is 5.30. The van der Waals surface area contributed by atoms with E-state index in [4.69, 9.17) is 10.5 Å². The molecule has 86 valence electrons. The van der Waals surface area contributed by atoms with Gasteiger partial charge in [-0.05, 0) is 36.7 Å². The molecular weight excluding hydrogens is 204 g/mol. The van der Waals surface area contributed by atoms with Gasteiger partial charge in [-0.2, -0.15) is 0 Å². The Hall–Kier alpha value is -1.55. The largest absolute Gasteiger partial charge is 0.497 e. The van der Waals surface area contributed by atoms with Gasteiger partial charge in [0.25, 0.3) is 0 Å². The lowest BCUT2D eigenvalue weighted by atomic mass is 9.92. The Morgan fingerprint density at radius 3 is 2.94 bits per heavy atom. The molecule has 0 saturated carbocycles. The molecule has 0 fully saturated rings. The zero-order valence-corrected chi connectivity index (χ0v) is 9.56. The smallest absolute Gasteiger partial charge is 0.239 e. The molecule has 4 heteroatoms. The van der Waals surface area contributed by atoms with Crippen LogP contribution in [0.4, 0.5) is 0 Å². The number of carbonyl (C=O) groups excluding carboxylic acids is 1. The standard InChI is InChI=1S/C12H16N2O2/c1-14-6-5-8-3-4-9(16-2)7-10(8)11(14)12(13)15/h3-4,7,11H,5-6H2,1-2H3,(H2,13,15). The highest BCUT2D eigenvalue weighted by Gasteiger charge is 2.29. The number of ether oxygens (including phenoxy) is 1. The Balaban J connectivity index is 2.48. The molecule has 1 heterocycles. The molecule has 1 aromatic carbocycles. The third-order valence-corrected chi connectivity index (χ3v) is 3.09. The maximum absolute atomic E-state index is 11.5. The Bertz CT molecular complexity index is 417. The van der Waals surface area contributed by atoms with Crippen LogP contribution in [-0.2, 0) is 11.2 Å². The lowest BCUT2D eigenvalue weighted by Crippen LogP contribution is -2.40. The van der Waals surface area contributed by atoms with E-state index in [2.05, 4.69) is 0 Å². The van der Waals surface area contributed by atoms with Crippen LogP contribution < -0.4 is 10.5 Å². The number of methoxy groups -OCH3 is 1. The molecule has 1 atom stereocenters. The first kappa shape index (κ1) is 11.0. The van der Waals surface area contributed by atoms with Crippen molar-refractivity contribution in [3.8, 4) is 5.75 Å². The summed E-state index contributed by atoms with van der Waals surface area (Å²) in [4.78, 5) is 13.4. The molecule has 1 aliphatic heterocycles. The first-order valence-corrected chi connectivity index (χ1v) is 5.30. The van der Waals surface area contributed by atoms with Gasteiger partial charge in [-0.15, -0.1) is 0 Å². The third kappa shape index (κ3) is 1.76. The molecule has 0 spiro atoms. The van der Waals surface area contributed by atoms with Crippen molar-refractivity contribution in [3.05, 3.63) is 29.3 Å². The van der Waals surface area contributed by atoms with Crippen LogP contribution in [0.25, 0.3) is 0 Å². The second kappa shape index (κ2) is 4.14. The summed E-state index contributed by atoms with van der Waals surface area (Å²) in [6, 6.07) is 5.50. The monoisotopic (exact) mass is 220 g/mol. The Morgan fingerprint density at radius 2 is 2.31 bits per heavy atom. The average molecular weight is 220 g/mol. The van der Waals surface area contributed by atoms with E-state index in [1.54, 1.807) is 7.11 Å². The fraction of sp³-hybridized carbons (Fsp3) is 0.417.